The Kier molecular flexibility index (Phi) is 3.61. The number of morpholine rings is 1. The molecule has 1 aromatic rings. The van der Waals surface area contributed by atoms with Gasteiger partial charge in [0.15, 0.2) is 0 Å². The van der Waals surface area contributed by atoms with Crippen LogP contribution in [0.4, 0.5) is 0 Å². The Hall–Kier alpha value is -1.59. The van der Waals surface area contributed by atoms with Crippen LogP contribution in [0.25, 0.3) is 0 Å². The lowest BCUT2D eigenvalue weighted by Crippen LogP contribution is -2.48. The standard InChI is InChI=1S/C12H16N2O3/c13-5-11-7-14(12(16)8-17-11)6-9-1-3-10(15)4-2-9/h1-4,11,15H,5-8,13H2. The van der Waals surface area contributed by atoms with Crippen molar-refractivity contribution < 1.29 is 14.6 Å². The van der Waals surface area contributed by atoms with Crippen molar-refractivity contribution in [3.8, 4) is 5.75 Å². The van der Waals surface area contributed by atoms with Gasteiger partial charge in [-0.1, -0.05) is 12.1 Å². The average Bonchev–Trinajstić information content (AvgIpc) is 2.35. The number of hydrogen-bond acceptors (Lipinski definition) is 4. The van der Waals surface area contributed by atoms with Gasteiger partial charge in [-0.15, -0.1) is 0 Å². The minimum absolute atomic E-state index is 0.0252. The van der Waals surface area contributed by atoms with Crippen molar-refractivity contribution in [2.75, 3.05) is 19.7 Å². The molecule has 1 saturated heterocycles. The zero-order valence-corrected chi connectivity index (χ0v) is 9.50. The first-order valence-electron chi connectivity index (χ1n) is 5.56. The first kappa shape index (κ1) is 11.9. The number of aromatic hydroxyl groups is 1. The Morgan fingerprint density at radius 2 is 2.12 bits per heavy atom. The van der Waals surface area contributed by atoms with E-state index in [9.17, 15) is 9.90 Å². The van der Waals surface area contributed by atoms with Crippen molar-refractivity contribution in [2.24, 2.45) is 5.73 Å². The molecule has 0 saturated carbocycles. The maximum atomic E-state index is 11.6. The molecule has 17 heavy (non-hydrogen) atoms. The van der Waals surface area contributed by atoms with E-state index in [0.717, 1.165) is 5.56 Å². The van der Waals surface area contributed by atoms with E-state index in [1.165, 1.54) is 0 Å². The Bertz CT molecular complexity index is 391. The molecule has 5 heteroatoms. The molecule has 0 bridgehead atoms. The van der Waals surface area contributed by atoms with Crippen LogP contribution in [0.1, 0.15) is 5.56 Å². The van der Waals surface area contributed by atoms with Crippen molar-refractivity contribution in [1.82, 2.24) is 4.90 Å². The summed E-state index contributed by atoms with van der Waals surface area (Å²) < 4.78 is 5.27. The summed E-state index contributed by atoms with van der Waals surface area (Å²) in [6.07, 6.45) is -0.0789. The quantitative estimate of drug-likeness (QED) is 0.779. The molecule has 3 N–H and O–H groups in total. The summed E-state index contributed by atoms with van der Waals surface area (Å²) in [6.45, 7) is 1.56. The molecule has 1 fully saturated rings. The van der Waals surface area contributed by atoms with Crippen molar-refractivity contribution in [3.05, 3.63) is 29.8 Å². The first-order valence-corrected chi connectivity index (χ1v) is 5.56. The van der Waals surface area contributed by atoms with Gasteiger partial charge in [0.05, 0.1) is 6.10 Å². The van der Waals surface area contributed by atoms with E-state index in [1.807, 2.05) is 0 Å². The molecule has 0 radical (unpaired) electrons. The molecule has 0 spiro atoms. The van der Waals surface area contributed by atoms with Gasteiger partial charge >= 0.3 is 0 Å². The van der Waals surface area contributed by atoms with E-state index < -0.39 is 0 Å². The largest absolute Gasteiger partial charge is 0.508 e. The molecule has 1 atom stereocenters. The molecule has 1 aliphatic rings. The van der Waals surface area contributed by atoms with Gasteiger partial charge < -0.3 is 20.5 Å². The van der Waals surface area contributed by atoms with Gasteiger partial charge in [0.2, 0.25) is 5.91 Å². The maximum absolute atomic E-state index is 11.6. The van der Waals surface area contributed by atoms with Gasteiger partial charge in [0.1, 0.15) is 12.4 Å². The average molecular weight is 236 g/mol. The predicted octanol–water partition coefficient (Wildman–Crippen LogP) is 0.0783. The van der Waals surface area contributed by atoms with Crippen molar-refractivity contribution in [2.45, 2.75) is 12.6 Å². The minimum Gasteiger partial charge on any atom is -0.508 e. The maximum Gasteiger partial charge on any atom is 0.248 e. The van der Waals surface area contributed by atoms with E-state index in [-0.39, 0.29) is 24.4 Å². The number of phenols is 1. The van der Waals surface area contributed by atoms with Crippen LogP contribution in [0.3, 0.4) is 0 Å². The highest BCUT2D eigenvalue weighted by molar-refractivity contribution is 5.78. The SMILES string of the molecule is NCC1CN(Cc2ccc(O)cc2)C(=O)CO1. The molecular weight excluding hydrogens is 220 g/mol. The summed E-state index contributed by atoms with van der Waals surface area (Å²) in [5, 5.41) is 9.18. The smallest absolute Gasteiger partial charge is 0.248 e. The second-order valence-corrected chi connectivity index (χ2v) is 4.11. The fourth-order valence-electron chi connectivity index (χ4n) is 1.80. The minimum atomic E-state index is -0.0789. The fourth-order valence-corrected chi connectivity index (χ4v) is 1.80. The zero-order valence-electron chi connectivity index (χ0n) is 9.50. The van der Waals surface area contributed by atoms with Crippen molar-refractivity contribution in [1.29, 1.82) is 0 Å². The van der Waals surface area contributed by atoms with E-state index in [0.29, 0.717) is 19.6 Å². The number of benzene rings is 1. The van der Waals surface area contributed by atoms with Gasteiger partial charge in [0.25, 0.3) is 0 Å². The lowest BCUT2D eigenvalue weighted by molar-refractivity contribution is -0.149. The molecular formula is C12H16N2O3. The summed E-state index contributed by atoms with van der Waals surface area (Å²) in [6, 6.07) is 6.83. The molecule has 5 nitrogen and oxygen atoms in total. The second-order valence-electron chi connectivity index (χ2n) is 4.11. The second kappa shape index (κ2) is 5.16. The molecule has 1 amide bonds. The Labute approximate surface area is 99.8 Å². The number of phenolic OH excluding ortho intramolecular Hbond substituents is 1. The Morgan fingerprint density at radius 3 is 2.76 bits per heavy atom. The van der Waals surface area contributed by atoms with Crippen LogP contribution < -0.4 is 5.73 Å². The summed E-state index contributed by atoms with van der Waals surface area (Å²) in [4.78, 5) is 13.4. The number of nitrogens with two attached hydrogens (primary N) is 1. The molecule has 1 heterocycles. The van der Waals surface area contributed by atoms with Crippen LogP contribution in [-0.4, -0.2) is 41.7 Å². The molecule has 2 rings (SSSR count). The topological polar surface area (TPSA) is 75.8 Å². The summed E-state index contributed by atoms with van der Waals surface area (Å²) >= 11 is 0. The van der Waals surface area contributed by atoms with Crippen LogP contribution in [-0.2, 0) is 16.1 Å². The number of rotatable bonds is 3. The number of ether oxygens (including phenoxy) is 1. The highest BCUT2D eigenvalue weighted by Crippen LogP contribution is 2.14. The van der Waals surface area contributed by atoms with Crippen LogP contribution >= 0.6 is 0 Å². The van der Waals surface area contributed by atoms with E-state index in [1.54, 1.807) is 29.2 Å². The van der Waals surface area contributed by atoms with E-state index in [2.05, 4.69) is 0 Å². The third kappa shape index (κ3) is 2.95. The van der Waals surface area contributed by atoms with Crippen LogP contribution in [0.15, 0.2) is 24.3 Å². The first-order chi connectivity index (χ1) is 8.19. The van der Waals surface area contributed by atoms with Crippen LogP contribution in [0.5, 0.6) is 5.75 Å². The third-order valence-corrected chi connectivity index (χ3v) is 2.79. The molecule has 1 aromatic carbocycles. The fraction of sp³-hybridized carbons (Fsp3) is 0.417. The third-order valence-electron chi connectivity index (χ3n) is 2.79. The highest BCUT2D eigenvalue weighted by atomic mass is 16.5. The van der Waals surface area contributed by atoms with Crippen molar-refractivity contribution >= 4 is 5.91 Å². The monoisotopic (exact) mass is 236 g/mol. The summed E-state index contributed by atoms with van der Waals surface area (Å²) in [5.41, 5.74) is 6.51. The van der Waals surface area contributed by atoms with Crippen LogP contribution in [0, 0.1) is 0 Å². The van der Waals surface area contributed by atoms with E-state index in [4.69, 9.17) is 10.5 Å². The molecule has 0 aromatic heterocycles. The lowest BCUT2D eigenvalue weighted by atomic mass is 10.2. The summed E-state index contributed by atoms with van der Waals surface area (Å²) in [5.74, 6) is 0.199. The number of carbonyl (C=O) groups excluding carboxylic acids is 1. The number of nitrogens with zero attached hydrogens (tertiary/aromatic N) is 1. The predicted molar refractivity (Wildman–Crippen MR) is 62.3 cm³/mol. The van der Waals surface area contributed by atoms with Gasteiger partial charge in [-0.2, -0.15) is 0 Å². The highest BCUT2D eigenvalue weighted by Gasteiger charge is 2.25. The van der Waals surface area contributed by atoms with Gasteiger partial charge in [-0.05, 0) is 17.7 Å². The molecule has 0 aliphatic carbocycles. The van der Waals surface area contributed by atoms with E-state index >= 15 is 0 Å². The van der Waals surface area contributed by atoms with Gasteiger partial charge in [-0.3, -0.25) is 4.79 Å². The Morgan fingerprint density at radius 1 is 1.41 bits per heavy atom. The number of amides is 1. The molecule has 1 aliphatic heterocycles. The molecule has 1 unspecified atom stereocenters. The lowest BCUT2D eigenvalue weighted by Gasteiger charge is -2.32. The summed E-state index contributed by atoms with van der Waals surface area (Å²) in [7, 11) is 0. The normalized spacial score (nSPS) is 20.6. The van der Waals surface area contributed by atoms with Gasteiger partial charge in [-0.25, -0.2) is 0 Å². The number of carbonyl (C=O) groups is 1. The number of hydrogen-bond donors (Lipinski definition) is 2. The Balaban J connectivity index is 2.01. The molecule has 92 valence electrons. The van der Waals surface area contributed by atoms with Crippen molar-refractivity contribution in [3.63, 3.8) is 0 Å². The van der Waals surface area contributed by atoms with Gasteiger partial charge in [0, 0.05) is 19.6 Å². The van der Waals surface area contributed by atoms with Crippen LogP contribution in [0.2, 0.25) is 0 Å². The zero-order chi connectivity index (χ0) is 12.3.